The Morgan fingerprint density at radius 1 is 1.22 bits per heavy atom. The summed E-state index contributed by atoms with van der Waals surface area (Å²) in [6.07, 6.45) is 5.64. The Kier molecular flexibility index (Phi) is 4.05. The summed E-state index contributed by atoms with van der Waals surface area (Å²) in [6, 6.07) is 8.61. The van der Waals surface area contributed by atoms with Gasteiger partial charge in [-0.3, -0.25) is 14.9 Å². The summed E-state index contributed by atoms with van der Waals surface area (Å²) in [5.41, 5.74) is 3.52. The zero-order valence-corrected chi connectivity index (χ0v) is 11.2. The fraction of sp³-hybridized carbons (Fsp3) is 0.333. The molecule has 2 heterocycles. The van der Waals surface area contributed by atoms with Crippen LogP contribution in [0, 0.1) is 6.92 Å². The summed E-state index contributed by atoms with van der Waals surface area (Å²) in [5.74, 6) is 0. The average molecular weight is 241 g/mol. The van der Waals surface area contributed by atoms with Gasteiger partial charge in [-0.05, 0) is 44.2 Å². The van der Waals surface area contributed by atoms with E-state index in [9.17, 15) is 0 Å². The maximum absolute atomic E-state index is 4.44. The summed E-state index contributed by atoms with van der Waals surface area (Å²) in [5, 5.41) is 0. The minimum Gasteiger partial charge on any atom is -0.294 e. The molecule has 2 aromatic heterocycles. The monoisotopic (exact) mass is 241 g/mol. The molecular formula is C15H19N3. The molecule has 1 atom stereocenters. The van der Waals surface area contributed by atoms with E-state index in [1.54, 1.807) is 6.20 Å². The largest absolute Gasteiger partial charge is 0.294 e. The smallest absolute Gasteiger partial charge is 0.0544 e. The number of aryl methyl sites for hydroxylation is 1. The minimum atomic E-state index is 0.335. The second kappa shape index (κ2) is 5.74. The fourth-order valence-corrected chi connectivity index (χ4v) is 1.86. The van der Waals surface area contributed by atoms with Crippen LogP contribution in [-0.2, 0) is 6.54 Å². The lowest BCUT2D eigenvalue weighted by Crippen LogP contribution is -2.22. The topological polar surface area (TPSA) is 29.0 Å². The zero-order valence-electron chi connectivity index (χ0n) is 11.2. The lowest BCUT2D eigenvalue weighted by Gasteiger charge is -2.24. The van der Waals surface area contributed by atoms with Crippen LogP contribution in [-0.4, -0.2) is 21.9 Å². The van der Waals surface area contributed by atoms with E-state index in [4.69, 9.17) is 0 Å². The van der Waals surface area contributed by atoms with Crippen LogP contribution in [0.3, 0.4) is 0 Å². The van der Waals surface area contributed by atoms with Crippen molar-refractivity contribution < 1.29 is 0 Å². The Morgan fingerprint density at radius 2 is 2.06 bits per heavy atom. The van der Waals surface area contributed by atoms with Gasteiger partial charge >= 0.3 is 0 Å². The van der Waals surface area contributed by atoms with E-state index in [0.29, 0.717) is 6.04 Å². The molecule has 94 valence electrons. The first-order valence-corrected chi connectivity index (χ1v) is 6.18. The summed E-state index contributed by atoms with van der Waals surface area (Å²) >= 11 is 0. The van der Waals surface area contributed by atoms with Gasteiger partial charge < -0.3 is 0 Å². The first kappa shape index (κ1) is 12.7. The highest BCUT2D eigenvalue weighted by molar-refractivity contribution is 5.15. The molecule has 0 amide bonds. The molecule has 3 nitrogen and oxygen atoms in total. The van der Waals surface area contributed by atoms with Gasteiger partial charge in [0.1, 0.15) is 0 Å². The molecule has 0 radical (unpaired) electrons. The van der Waals surface area contributed by atoms with Gasteiger partial charge in [-0.2, -0.15) is 0 Å². The number of aromatic nitrogens is 2. The number of nitrogens with zero attached hydrogens (tertiary/aromatic N) is 3. The third-order valence-corrected chi connectivity index (χ3v) is 3.21. The third kappa shape index (κ3) is 3.14. The van der Waals surface area contributed by atoms with Crippen molar-refractivity contribution in [1.82, 2.24) is 14.9 Å². The van der Waals surface area contributed by atoms with Crippen LogP contribution >= 0.6 is 0 Å². The van der Waals surface area contributed by atoms with Gasteiger partial charge in [-0.1, -0.05) is 12.1 Å². The Labute approximate surface area is 109 Å². The van der Waals surface area contributed by atoms with Gasteiger partial charge in [0.15, 0.2) is 0 Å². The van der Waals surface area contributed by atoms with Gasteiger partial charge in [0.05, 0.1) is 5.69 Å². The summed E-state index contributed by atoms with van der Waals surface area (Å²) in [4.78, 5) is 10.9. The molecule has 0 fully saturated rings. The van der Waals surface area contributed by atoms with Crippen molar-refractivity contribution in [2.45, 2.75) is 26.4 Å². The van der Waals surface area contributed by atoms with E-state index in [1.165, 1.54) is 11.1 Å². The molecule has 0 spiro atoms. The molecule has 0 aliphatic carbocycles. The highest BCUT2D eigenvalue weighted by Gasteiger charge is 2.12. The predicted octanol–water partition coefficient (Wildman–Crippen LogP) is 2.98. The second-order valence-electron chi connectivity index (χ2n) is 4.70. The molecule has 2 rings (SSSR count). The van der Waals surface area contributed by atoms with E-state index < -0.39 is 0 Å². The number of rotatable bonds is 4. The molecule has 2 aromatic rings. The maximum atomic E-state index is 4.44. The average Bonchev–Trinajstić information content (AvgIpc) is 2.41. The Balaban J connectivity index is 2.03. The maximum Gasteiger partial charge on any atom is 0.0544 e. The zero-order chi connectivity index (χ0) is 13.0. The van der Waals surface area contributed by atoms with Crippen molar-refractivity contribution in [2.75, 3.05) is 7.05 Å². The lowest BCUT2D eigenvalue weighted by molar-refractivity contribution is 0.250. The van der Waals surface area contributed by atoms with Crippen LogP contribution in [0.25, 0.3) is 0 Å². The van der Waals surface area contributed by atoms with Crippen molar-refractivity contribution in [3.63, 3.8) is 0 Å². The lowest BCUT2D eigenvalue weighted by atomic mass is 10.1. The summed E-state index contributed by atoms with van der Waals surface area (Å²) in [7, 11) is 2.11. The van der Waals surface area contributed by atoms with Crippen LogP contribution in [0.2, 0.25) is 0 Å². The molecule has 0 aliphatic rings. The molecule has 0 aliphatic heterocycles. The van der Waals surface area contributed by atoms with Crippen LogP contribution in [0.5, 0.6) is 0 Å². The van der Waals surface area contributed by atoms with Crippen molar-refractivity contribution in [3.8, 4) is 0 Å². The Morgan fingerprint density at radius 3 is 2.67 bits per heavy atom. The SMILES string of the molecule is Cc1ccc(CN(C)[C@H](C)c2cccnc2)nc1. The van der Waals surface area contributed by atoms with Gasteiger partial charge in [0.2, 0.25) is 0 Å². The van der Waals surface area contributed by atoms with Gasteiger partial charge in [-0.15, -0.1) is 0 Å². The van der Waals surface area contributed by atoms with Crippen LogP contribution in [0.15, 0.2) is 42.9 Å². The van der Waals surface area contributed by atoms with E-state index >= 15 is 0 Å². The molecule has 0 bridgehead atoms. The third-order valence-electron chi connectivity index (χ3n) is 3.21. The van der Waals surface area contributed by atoms with Crippen LogP contribution in [0.1, 0.15) is 29.8 Å². The first-order valence-electron chi connectivity index (χ1n) is 6.18. The molecule has 0 unspecified atom stereocenters. The molecule has 18 heavy (non-hydrogen) atoms. The Hall–Kier alpha value is -1.74. The molecular weight excluding hydrogens is 222 g/mol. The molecule has 0 saturated carbocycles. The predicted molar refractivity (Wildman–Crippen MR) is 73.1 cm³/mol. The summed E-state index contributed by atoms with van der Waals surface area (Å²) in [6.45, 7) is 5.08. The van der Waals surface area contributed by atoms with E-state index in [2.05, 4.69) is 54.0 Å². The standard InChI is InChI=1S/C15H19N3/c1-12-6-7-15(17-9-12)11-18(3)13(2)14-5-4-8-16-10-14/h4-10,13H,11H2,1-3H3/t13-/m1/s1. The van der Waals surface area contributed by atoms with E-state index in [-0.39, 0.29) is 0 Å². The van der Waals surface area contributed by atoms with Crippen molar-refractivity contribution in [3.05, 3.63) is 59.7 Å². The van der Waals surface area contributed by atoms with Crippen molar-refractivity contribution in [1.29, 1.82) is 0 Å². The number of pyridine rings is 2. The highest BCUT2D eigenvalue weighted by Crippen LogP contribution is 2.18. The van der Waals surface area contributed by atoms with E-state index in [1.807, 2.05) is 18.5 Å². The van der Waals surface area contributed by atoms with E-state index in [0.717, 1.165) is 12.2 Å². The van der Waals surface area contributed by atoms with Gasteiger partial charge in [0, 0.05) is 31.2 Å². The normalized spacial score (nSPS) is 12.7. The number of hydrogen-bond donors (Lipinski definition) is 0. The van der Waals surface area contributed by atoms with Crippen LogP contribution < -0.4 is 0 Å². The first-order chi connectivity index (χ1) is 8.66. The second-order valence-corrected chi connectivity index (χ2v) is 4.70. The van der Waals surface area contributed by atoms with Crippen LogP contribution in [0.4, 0.5) is 0 Å². The Bertz CT molecular complexity index is 479. The summed E-state index contributed by atoms with van der Waals surface area (Å²) < 4.78 is 0. The quantitative estimate of drug-likeness (QED) is 0.824. The number of hydrogen-bond acceptors (Lipinski definition) is 3. The molecule has 0 N–H and O–H groups in total. The fourth-order valence-electron chi connectivity index (χ4n) is 1.86. The van der Waals surface area contributed by atoms with Crippen molar-refractivity contribution >= 4 is 0 Å². The minimum absolute atomic E-state index is 0.335. The molecule has 0 aromatic carbocycles. The molecule has 3 heteroatoms. The highest BCUT2D eigenvalue weighted by atomic mass is 15.1. The van der Waals surface area contributed by atoms with Gasteiger partial charge in [-0.25, -0.2) is 0 Å². The van der Waals surface area contributed by atoms with Crippen molar-refractivity contribution in [2.24, 2.45) is 0 Å². The van der Waals surface area contributed by atoms with Gasteiger partial charge in [0.25, 0.3) is 0 Å². The molecule has 0 saturated heterocycles.